The van der Waals surface area contributed by atoms with Crippen molar-refractivity contribution in [3.63, 3.8) is 0 Å². The van der Waals surface area contributed by atoms with Crippen LogP contribution in [0.4, 0.5) is 11.4 Å². The molecule has 0 fully saturated rings. The second-order valence-electron chi connectivity index (χ2n) is 4.79. The molecule has 1 aliphatic heterocycles. The molecule has 100 valence electrons. The summed E-state index contributed by atoms with van der Waals surface area (Å²) in [6.07, 6.45) is 1.10. The van der Waals surface area contributed by atoms with Crippen molar-refractivity contribution in [1.82, 2.24) is 0 Å². The van der Waals surface area contributed by atoms with Crippen LogP contribution in [-0.2, 0) is 13.0 Å². The number of nitrogens with one attached hydrogen (secondary N) is 2. The van der Waals surface area contributed by atoms with Gasteiger partial charge in [0.05, 0.1) is 11.6 Å². The number of nitriles is 1. The summed E-state index contributed by atoms with van der Waals surface area (Å²) in [6, 6.07) is 14.1. The maximum atomic E-state index is 8.87. The summed E-state index contributed by atoms with van der Waals surface area (Å²) in [4.78, 5) is 0. The minimum absolute atomic E-state index is 0.657. The number of halogens is 1. The van der Waals surface area contributed by atoms with Crippen molar-refractivity contribution in [2.24, 2.45) is 0 Å². The molecule has 20 heavy (non-hydrogen) atoms. The van der Waals surface area contributed by atoms with E-state index >= 15 is 0 Å². The summed E-state index contributed by atoms with van der Waals surface area (Å²) < 4.78 is 0.914. The van der Waals surface area contributed by atoms with E-state index in [1.807, 2.05) is 18.2 Å². The van der Waals surface area contributed by atoms with Gasteiger partial charge in [-0.15, -0.1) is 0 Å². The Morgan fingerprint density at radius 1 is 1.30 bits per heavy atom. The van der Waals surface area contributed by atoms with E-state index in [0.29, 0.717) is 5.56 Å². The molecule has 4 heteroatoms. The van der Waals surface area contributed by atoms with Gasteiger partial charge in [0.2, 0.25) is 0 Å². The molecule has 0 spiro atoms. The third-order valence-electron chi connectivity index (χ3n) is 3.50. The van der Waals surface area contributed by atoms with Crippen molar-refractivity contribution in [2.75, 3.05) is 17.2 Å². The molecule has 0 aliphatic carbocycles. The molecule has 0 amide bonds. The lowest BCUT2D eigenvalue weighted by Crippen LogP contribution is -2.03. The fourth-order valence-electron chi connectivity index (χ4n) is 2.48. The first kappa shape index (κ1) is 13.0. The zero-order valence-corrected chi connectivity index (χ0v) is 12.5. The van der Waals surface area contributed by atoms with Crippen LogP contribution in [0, 0.1) is 11.3 Å². The lowest BCUT2D eigenvalue weighted by molar-refractivity contribution is 1.11. The third-order valence-corrected chi connectivity index (χ3v) is 4.16. The topological polar surface area (TPSA) is 47.9 Å². The highest BCUT2D eigenvalue weighted by Crippen LogP contribution is 2.28. The van der Waals surface area contributed by atoms with Gasteiger partial charge in [-0.25, -0.2) is 0 Å². The lowest BCUT2D eigenvalue weighted by atomic mass is 10.1. The largest absolute Gasteiger partial charge is 0.384 e. The summed E-state index contributed by atoms with van der Waals surface area (Å²) in [7, 11) is 0. The van der Waals surface area contributed by atoms with Crippen molar-refractivity contribution >= 4 is 27.3 Å². The minimum atomic E-state index is 0.657. The molecule has 1 heterocycles. The fourth-order valence-corrected chi connectivity index (χ4v) is 3.00. The first-order chi connectivity index (χ1) is 9.78. The molecule has 0 atom stereocenters. The number of rotatable bonds is 3. The Morgan fingerprint density at radius 3 is 3.00 bits per heavy atom. The Labute approximate surface area is 126 Å². The van der Waals surface area contributed by atoms with Crippen LogP contribution in [0.2, 0.25) is 0 Å². The van der Waals surface area contributed by atoms with Crippen molar-refractivity contribution in [3.8, 4) is 6.07 Å². The second-order valence-corrected chi connectivity index (χ2v) is 5.64. The van der Waals surface area contributed by atoms with Gasteiger partial charge in [-0.3, -0.25) is 0 Å². The molecule has 2 N–H and O–H groups in total. The van der Waals surface area contributed by atoms with Gasteiger partial charge in [0, 0.05) is 28.9 Å². The summed E-state index contributed by atoms with van der Waals surface area (Å²) in [5.41, 5.74) is 5.59. The Bertz CT molecular complexity index is 689. The number of para-hydroxylation sites is 1. The predicted octanol–water partition coefficient (Wildman–Crippen LogP) is 3.90. The molecule has 3 nitrogen and oxygen atoms in total. The highest BCUT2D eigenvalue weighted by Gasteiger charge is 2.13. The van der Waals surface area contributed by atoms with Gasteiger partial charge in [-0.05, 0) is 51.7 Å². The van der Waals surface area contributed by atoms with Crippen LogP contribution in [0.15, 0.2) is 40.9 Å². The highest BCUT2D eigenvalue weighted by molar-refractivity contribution is 9.10. The van der Waals surface area contributed by atoms with Gasteiger partial charge in [-0.2, -0.15) is 5.26 Å². The van der Waals surface area contributed by atoms with E-state index in [2.05, 4.69) is 50.8 Å². The number of anilines is 2. The molecular weight excluding hydrogens is 314 g/mol. The van der Waals surface area contributed by atoms with E-state index in [1.54, 1.807) is 0 Å². The monoisotopic (exact) mass is 327 g/mol. The van der Waals surface area contributed by atoms with Gasteiger partial charge in [0.1, 0.15) is 0 Å². The van der Waals surface area contributed by atoms with Crippen molar-refractivity contribution < 1.29 is 0 Å². The van der Waals surface area contributed by atoms with Gasteiger partial charge in [0.25, 0.3) is 0 Å². The number of hydrogen-bond donors (Lipinski definition) is 2. The summed E-state index contributed by atoms with van der Waals surface area (Å²) in [5, 5.41) is 15.7. The van der Waals surface area contributed by atoms with Gasteiger partial charge < -0.3 is 10.6 Å². The standard InChI is InChI=1S/C16H14BrN3/c17-14-8-11(9-18)4-5-15(14)20-10-13-3-1-2-12-6-7-19-16(12)13/h1-5,8,19-20H,6-7,10H2. The highest BCUT2D eigenvalue weighted by atomic mass is 79.9. The Kier molecular flexibility index (Phi) is 3.62. The molecule has 2 aromatic rings. The van der Waals surface area contributed by atoms with Crippen molar-refractivity contribution in [3.05, 3.63) is 57.6 Å². The van der Waals surface area contributed by atoms with Crippen molar-refractivity contribution in [1.29, 1.82) is 5.26 Å². The molecule has 0 saturated heterocycles. The number of hydrogen-bond acceptors (Lipinski definition) is 3. The van der Waals surface area contributed by atoms with Crippen LogP contribution >= 0.6 is 15.9 Å². The molecule has 0 bridgehead atoms. The lowest BCUT2D eigenvalue weighted by Gasteiger charge is -2.12. The van der Waals surface area contributed by atoms with E-state index in [-0.39, 0.29) is 0 Å². The molecule has 2 aromatic carbocycles. The Hall–Kier alpha value is -1.99. The van der Waals surface area contributed by atoms with Crippen LogP contribution in [0.5, 0.6) is 0 Å². The van der Waals surface area contributed by atoms with Crippen LogP contribution in [0.3, 0.4) is 0 Å². The number of fused-ring (bicyclic) bond motifs is 1. The normalized spacial score (nSPS) is 12.4. The third kappa shape index (κ3) is 2.50. The minimum Gasteiger partial charge on any atom is -0.384 e. The molecule has 0 saturated carbocycles. The summed E-state index contributed by atoms with van der Waals surface area (Å²) in [6.45, 7) is 1.79. The zero-order valence-electron chi connectivity index (χ0n) is 10.9. The molecule has 1 aliphatic rings. The van der Waals surface area contributed by atoms with E-state index in [0.717, 1.165) is 29.7 Å². The average molecular weight is 328 g/mol. The summed E-state index contributed by atoms with van der Waals surface area (Å²) in [5.74, 6) is 0. The first-order valence-corrected chi connectivity index (χ1v) is 7.35. The van der Waals surface area contributed by atoms with Crippen LogP contribution in [-0.4, -0.2) is 6.54 Å². The fraction of sp³-hybridized carbons (Fsp3) is 0.188. The Morgan fingerprint density at radius 2 is 2.20 bits per heavy atom. The maximum Gasteiger partial charge on any atom is 0.0992 e. The molecule has 0 radical (unpaired) electrons. The van der Waals surface area contributed by atoms with Crippen LogP contribution < -0.4 is 10.6 Å². The van der Waals surface area contributed by atoms with E-state index in [9.17, 15) is 0 Å². The van der Waals surface area contributed by atoms with Crippen LogP contribution in [0.25, 0.3) is 0 Å². The zero-order chi connectivity index (χ0) is 13.9. The molecule has 0 unspecified atom stereocenters. The average Bonchev–Trinajstić information content (AvgIpc) is 2.95. The quantitative estimate of drug-likeness (QED) is 0.898. The maximum absolute atomic E-state index is 8.87. The molecule has 0 aromatic heterocycles. The Balaban J connectivity index is 1.78. The van der Waals surface area contributed by atoms with E-state index in [1.165, 1.54) is 16.8 Å². The first-order valence-electron chi connectivity index (χ1n) is 6.56. The summed E-state index contributed by atoms with van der Waals surface area (Å²) >= 11 is 3.49. The molecular formula is C16H14BrN3. The van der Waals surface area contributed by atoms with E-state index in [4.69, 9.17) is 5.26 Å². The van der Waals surface area contributed by atoms with E-state index < -0.39 is 0 Å². The van der Waals surface area contributed by atoms with Gasteiger partial charge in [-0.1, -0.05) is 18.2 Å². The smallest absolute Gasteiger partial charge is 0.0992 e. The van der Waals surface area contributed by atoms with Gasteiger partial charge >= 0.3 is 0 Å². The SMILES string of the molecule is N#Cc1ccc(NCc2cccc3c2NCC3)c(Br)c1. The van der Waals surface area contributed by atoms with Gasteiger partial charge in [0.15, 0.2) is 0 Å². The second kappa shape index (κ2) is 5.56. The van der Waals surface area contributed by atoms with Crippen molar-refractivity contribution in [2.45, 2.75) is 13.0 Å². The predicted molar refractivity (Wildman–Crippen MR) is 84.8 cm³/mol. The number of nitrogens with zero attached hydrogens (tertiary/aromatic N) is 1. The van der Waals surface area contributed by atoms with Crippen LogP contribution in [0.1, 0.15) is 16.7 Å². The number of benzene rings is 2. The molecule has 3 rings (SSSR count).